The molecule has 1 aliphatic heterocycles. The number of nitrogens with zero attached hydrogens (tertiary/aromatic N) is 1. The molecule has 0 aromatic heterocycles. The first-order valence-corrected chi connectivity index (χ1v) is 6.40. The summed E-state index contributed by atoms with van der Waals surface area (Å²) in [5.74, 6) is 0. The average Bonchev–Trinajstić information content (AvgIpc) is 2.49. The van der Waals surface area contributed by atoms with Crippen molar-refractivity contribution in [1.29, 1.82) is 0 Å². The Morgan fingerprint density at radius 2 is 2.27 bits per heavy atom. The monoisotopic (exact) mass is 214 g/mol. The summed E-state index contributed by atoms with van der Waals surface area (Å²) in [4.78, 5) is 2.58. The highest BCUT2D eigenvalue weighted by molar-refractivity contribution is 4.75. The van der Waals surface area contributed by atoms with Gasteiger partial charge in [0.1, 0.15) is 0 Å². The highest BCUT2D eigenvalue weighted by Crippen LogP contribution is 2.04. The van der Waals surface area contributed by atoms with Crippen LogP contribution in [0.4, 0.5) is 0 Å². The van der Waals surface area contributed by atoms with E-state index < -0.39 is 0 Å². The fourth-order valence-corrected chi connectivity index (χ4v) is 2.09. The van der Waals surface area contributed by atoms with Gasteiger partial charge in [-0.25, -0.2) is 0 Å². The van der Waals surface area contributed by atoms with Gasteiger partial charge in [-0.15, -0.1) is 0 Å². The van der Waals surface area contributed by atoms with Gasteiger partial charge in [-0.2, -0.15) is 0 Å². The molecule has 0 saturated carbocycles. The molecule has 1 saturated heterocycles. The zero-order valence-electron chi connectivity index (χ0n) is 10.3. The molecule has 1 heterocycles. The number of nitrogens with one attached hydrogen (secondary N) is 1. The summed E-state index contributed by atoms with van der Waals surface area (Å²) in [5, 5.41) is 3.59. The molecule has 1 N–H and O–H groups in total. The summed E-state index contributed by atoms with van der Waals surface area (Å²) in [6.45, 7) is 10.9. The Morgan fingerprint density at radius 3 is 3.00 bits per heavy atom. The van der Waals surface area contributed by atoms with E-state index in [4.69, 9.17) is 4.74 Å². The molecule has 3 nitrogen and oxygen atoms in total. The van der Waals surface area contributed by atoms with Gasteiger partial charge >= 0.3 is 0 Å². The molecule has 3 heteroatoms. The predicted octanol–water partition coefficient (Wildman–Crippen LogP) is 1.49. The first-order chi connectivity index (χ1) is 7.36. The average molecular weight is 214 g/mol. The maximum atomic E-state index is 5.37. The summed E-state index contributed by atoms with van der Waals surface area (Å²) in [7, 11) is 0. The third kappa shape index (κ3) is 5.50. The third-order valence-corrected chi connectivity index (χ3v) is 3.02. The largest absolute Gasteiger partial charge is 0.382 e. The molecule has 0 aromatic rings. The Kier molecular flexibility index (Phi) is 6.98. The Bertz CT molecular complexity index is 153. The van der Waals surface area contributed by atoms with Gasteiger partial charge in [0.15, 0.2) is 0 Å². The molecule has 90 valence electrons. The standard InChI is InChI=1S/C12H26N2O/c1-3-12-11-14(8-5-7-13-12)9-6-10-15-4-2/h12-13H,3-11H2,1-2H3. The minimum absolute atomic E-state index is 0.694. The first kappa shape index (κ1) is 12.9. The molecule has 1 aliphatic rings. The van der Waals surface area contributed by atoms with Crippen molar-refractivity contribution < 1.29 is 4.74 Å². The van der Waals surface area contributed by atoms with E-state index in [0.29, 0.717) is 6.04 Å². The van der Waals surface area contributed by atoms with E-state index in [9.17, 15) is 0 Å². The van der Waals surface area contributed by atoms with E-state index in [1.165, 1.54) is 45.4 Å². The molecule has 0 spiro atoms. The third-order valence-electron chi connectivity index (χ3n) is 3.02. The fourth-order valence-electron chi connectivity index (χ4n) is 2.09. The molecule has 1 fully saturated rings. The SMILES string of the molecule is CCOCCCN1CCCNC(CC)C1. The molecule has 0 radical (unpaired) electrons. The van der Waals surface area contributed by atoms with Crippen molar-refractivity contribution in [1.82, 2.24) is 10.2 Å². The molecule has 0 amide bonds. The van der Waals surface area contributed by atoms with E-state index in [-0.39, 0.29) is 0 Å². The second-order valence-corrected chi connectivity index (χ2v) is 4.26. The summed E-state index contributed by atoms with van der Waals surface area (Å²) in [6, 6.07) is 0.694. The maximum Gasteiger partial charge on any atom is 0.0478 e. The lowest BCUT2D eigenvalue weighted by Gasteiger charge is -2.23. The van der Waals surface area contributed by atoms with E-state index >= 15 is 0 Å². The van der Waals surface area contributed by atoms with Gasteiger partial charge in [-0.05, 0) is 39.3 Å². The van der Waals surface area contributed by atoms with Crippen LogP contribution in [0.25, 0.3) is 0 Å². The van der Waals surface area contributed by atoms with E-state index in [1.54, 1.807) is 0 Å². The molecule has 15 heavy (non-hydrogen) atoms. The van der Waals surface area contributed by atoms with Crippen LogP contribution in [-0.4, -0.2) is 50.3 Å². The molecule has 1 atom stereocenters. The number of rotatable bonds is 6. The van der Waals surface area contributed by atoms with Crippen LogP contribution in [0.15, 0.2) is 0 Å². The van der Waals surface area contributed by atoms with Gasteiger partial charge < -0.3 is 15.0 Å². The van der Waals surface area contributed by atoms with Crippen LogP contribution in [0.1, 0.15) is 33.1 Å². The van der Waals surface area contributed by atoms with Gasteiger partial charge in [-0.3, -0.25) is 0 Å². The van der Waals surface area contributed by atoms with Crippen molar-refractivity contribution in [3.63, 3.8) is 0 Å². The van der Waals surface area contributed by atoms with Crippen LogP contribution in [0.3, 0.4) is 0 Å². The Balaban J connectivity index is 2.15. The minimum atomic E-state index is 0.694. The van der Waals surface area contributed by atoms with Crippen LogP contribution in [0.5, 0.6) is 0 Å². The second kappa shape index (κ2) is 8.08. The summed E-state index contributed by atoms with van der Waals surface area (Å²) >= 11 is 0. The van der Waals surface area contributed by atoms with Crippen LogP contribution >= 0.6 is 0 Å². The molecular weight excluding hydrogens is 188 g/mol. The molecular formula is C12H26N2O. The van der Waals surface area contributed by atoms with Crippen molar-refractivity contribution in [2.24, 2.45) is 0 Å². The normalized spacial score (nSPS) is 24.0. The van der Waals surface area contributed by atoms with Gasteiger partial charge in [0.25, 0.3) is 0 Å². The Morgan fingerprint density at radius 1 is 1.40 bits per heavy atom. The number of hydrogen-bond acceptors (Lipinski definition) is 3. The van der Waals surface area contributed by atoms with Crippen molar-refractivity contribution in [2.45, 2.75) is 39.2 Å². The topological polar surface area (TPSA) is 24.5 Å². The maximum absolute atomic E-state index is 5.37. The quantitative estimate of drug-likeness (QED) is 0.678. The Labute approximate surface area is 94.2 Å². The van der Waals surface area contributed by atoms with Crippen molar-refractivity contribution in [3.05, 3.63) is 0 Å². The van der Waals surface area contributed by atoms with Crippen LogP contribution in [0.2, 0.25) is 0 Å². The van der Waals surface area contributed by atoms with Crippen LogP contribution in [0, 0.1) is 0 Å². The molecule has 0 aromatic carbocycles. The Hall–Kier alpha value is -0.120. The summed E-state index contributed by atoms with van der Waals surface area (Å²) in [5.41, 5.74) is 0. The van der Waals surface area contributed by atoms with E-state index in [1.807, 2.05) is 0 Å². The van der Waals surface area contributed by atoms with Crippen molar-refractivity contribution in [3.8, 4) is 0 Å². The predicted molar refractivity (Wildman–Crippen MR) is 64.2 cm³/mol. The summed E-state index contributed by atoms with van der Waals surface area (Å²) < 4.78 is 5.37. The first-order valence-electron chi connectivity index (χ1n) is 6.40. The van der Waals surface area contributed by atoms with Crippen LogP contribution in [-0.2, 0) is 4.74 Å². The van der Waals surface area contributed by atoms with Gasteiger partial charge in [-0.1, -0.05) is 6.92 Å². The molecule has 1 unspecified atom stereocenters. The lowest BCUT2D eigenvalue weighted by atomic mass is 10.2. The smallest absolute Gasteiger partial charge is 0.0478 e. The second-order valence-electron chi connectivity index (χ2n) is 4.26. The van der Waals surface area contributed by atoms with Gasteiger partial charge in [0, 0.05) is 32.3 Å². The minimum Gasteiger partial charge on any atom is -0.382 e. The van der Waals surface area contributed by atoms with E-state index in [0.717, 1.165) is 13.2 Å². The van der Waals surface area contributed by atoms with Crippen LogP contribution < -0.4 is 5.32 Å². The van der Waals surface area contributed by atoms with Crippen molar-refractivity contribution >= 4 is 0 Å². The van der Waals surface area contributed by atoms with E-state index in [2.05, 4.69) is 24.1 Å². The molecule has 0 aliphatic carbocycles. The fraction of sp³-hybridized carbons (Fsp3) is 1.00. The zero-order chi connectivity index (χ0) is 10.9. The number of ether oxygens (including phenoxy) is 1. The highest BCUT2D eigenvalue weighted by Gasteiger charge is 2.15. The van der Waals surface area contributed by atoms with Crippen molar-refractivity contribution in [2.75, 3.05) is 39.4 Å². The highest BCUT2D eigenvalue weighted by atomic mass is 16.5. The number of hydrogen-bond donors (Lipinski definition) is 1. The summed E-state index contributed by atoms with van der Waals surface area (Å²) in [6.07, 6.45) is 3.69. The lowest BCUT2D eigenvalue weighted by molar-refractivity contribution is 0.131. The lowest BCUT2D eigenvalue weighted by Crippen LogP contribution is -2.37. The van der Waals surface area contributed by atoms with Gasteiger partial charge in [0.2, 0.25) is 0 Å². The zero-order valence-corrected chi connectivity index (χ0v) is 10.3. The van der Waals surface area contributed by atoms with Gasteiger partial charge in [0.05, 0.1) is 0 Å². The molecule has 0 bridgehead atoms. The molecule has 1 rings (SSSR count).